The molecule has 70 valence electrons. The summed E-state index contributed by atoms with van der Waals surface area (Å²) in [6, 6.07) is 6.10. The Labute approximate surface area is 84.4 Å². The quantitative estimate of drug-likeness (QED) is 0.727. The minimum Gasteiger partial charge on any atom is -0.379 e. The number of nitrogens with one attached hydrogen (secondary N) is 1. The van der Waals surface area contributed by atoms with E-state index in [1.54, 1.807) is 0 Å². The molecule has 0 aliphatic rings. The highest BCUT2D eigenvalue weighted by atomic mass is 35.5. The predicted molar refractivity (Wildman–Crippen MR) is 59.5 cm³/mol. The van der Waals surface area contributed by atoms with E-state index in [2.05, 4.69) is 11.9 Å². The fourth-order valence-corrected chi connectivity index (χ4v) is 1.24. The first kappa shape index (κ1) is 10.1. The van der Waals surface area contributed by atoms with Crippen LogP contribution in [0, 0.1) is 6.92 Å². The second-order valence-electron chi connectivity index (χ2n) is 3.08. The molecule has 0 saturated heterocycles. The van der Waals surface area contributed by atoms with Crippen molar-refractivity contribution in [1.82, 2.24) is 0 Å². The molecule has 0 heterocycles. The highest BCUT2D eigenvalue weighted by Gasteiger charge is 2.02. The molecular formula is C11H14ClN. The zero-order chi connectivity index (χ0) is 9.84. The summed E-state index contributed by atoms with van der Waals surface area (Å²) in [5.74, 6) is 0. The molecule has 0 amide bonds. The number of rotatable bonds is 3. The molecule has 1 aromatic rings. The third kappa shape index (κ3) is 2.49. The summed E-state index contributed by atoms with van der Waals surface area (Å²) < 4.78 is 0. The largest absolute Gasteiger partial charge is 0.379 e. The highest BCUT2D eigenvalue weighted by molar-refractivity contribution is 6.31. The van der Waals surface area contributed by atoms with Gasteiger partial charge in [0.1, 0.15) is 0 Å². The van der Waals surface area contributed by atoms with Crippen molar-refractivity contribution in [3.05, 3.63) is 41.4 Å². The van der Waals surface area contributed by atoms with Crippen LogP contribution < -0.4 is 5.32 Å². The van der Waals surface area contributed by atoms with E-state index in [1.807, 2.05) is 38.1 Å². The monoisotopic (exact) mass is 195 g/mol. The van der Waals surface area contributed by atoms with E-state index in [0.29, 0.717) is 0 Å². The average molecular weight is 196 g/mol. The summed E-state index contributed by atoms with van der Waals surface area (Å²) in [6.45, 7) is 7.76. The fourth-order valence-electron chi connectivity index (χ4n) is 1.07. The highest BCUT2D eigenvalue weighted by Crippen LogP contribution is 2.23. The normalized spacial score (nSPS) is 12.2. The van der Waals surface area contributed by atoms with Gasteiger partial charge in [0.05, 0.1) is 0 Å². The number of hydrogen-bond donors (Lipinski definition) is 1. The average Bonchev–Trinajstić information content (AvgIpc) is 2.13. The Kier molecular flexibility index (Phi) is 3.38. The van der Waals surface area contributed by atoms with Crippen molar-refractivity contribution in [2.45, 2.75) is 19.9 Å². The van der Waals surface area contributed by atoms with Gasteiger partial charge in [-0.2, -0.15) is 0 Å². The first-order chi connectivity index (χ1) is 6.15. The van der Waals surface area contributed by atoms with Crippen molar-refractivity contribution in [1.29, 1.82) is 0 Å². The van der Waals surface area contributed by atoms with Gasteiger partial charge in [-0.1, -0.05) is 23.7 Å². The van der Waals surface area contributed by atoms with Crippen LogP contribution >= 0.6 is 11.6 Å². The predicted octanol–water partition coefficient (Wildman–Crippen LogP) is 3.63. The van der Waals surface area contributed by atoms with E-state index < -0.39 is 0 Å². The lowest BCUT2D eigenvalue weighted by Crippen LogP contribution is -2.12. The Bertz CT molecular complexity index is 307. The summed E-state index contributed by atoms with van der Waals surface area (Å²) in [5, 5.41) is 4.09. The molecule has 0 aliphatic carbocycles. The molecule has 1 nitrogen and oxygen atoms in total. The fraction of sp³-hybridized carbons (Fsp3) is 0.273. The van der Waals surface area contributed by atoms with E-state index in [9.17, 15) is 0 Å². The van der Waals surface area contributed by atoms with E-state index in [1.165, 1.54) is 0 Å². The van der Waals surface area contributed by atoms with Crippen LogP contribution in [0.5, 0.6) is 0 Å². The van der Waals surface area contributed by atoms with Crippen molar-refractivity contribution in [3.8, 4) is 0 Å². The zero-order valence-corrected chi connectivity index (χ0v) is 8.73. The lowest BCUT2D eigenvalue weighted by atomic mass is 10.2. The maximum atomic E-state index is 5.97. The molecule has 0 spiro atoms. The molecule has 0 aromatic heterocycles. The Morgan fingerprint density at radius 2 is 2.23 bits per heavy atom. The summed E-state index contributed by atoms with van der Waals surface area (Å²) >= 11 is 5.97. The first-order valence-electron chi connectivity index (χ1n) is 4.29. The van der Waals surface area contributed by atoms with E-state index in [0.717, 1.165) is 16.3 Å². The molecule has 0 aliphatic heterocycles. The number of anilines is 1. The molecule has 1 aromatic carbocycles. The maximum Gasteiger partial charge on any atom is 0.0455 e. The van der Waals surface area contributed by atoms with Crippen LogP contribution in [0.2, 0.25) is 5.02 Å². The Morgan fingerprint density at radius 1 is 1.54 bits per heavy atom. The maximum absolute atomic E-state index is 5.97. The standard InChI is InChI=1S/C11H14ClN/c1-4-8(2)13-11-7-5-6-10(12)9(11)3/h4-8,13H,1H2,2-3H3. The topological polar surface area (TPSA) is 12.0 Å². The van der Waals surface area contributed by atoms with Crippen LogP contribution in [0.25, 0.3) is 0 Å². The molecular weight excluding hydrogens is 182 g/mol. The molecule has 0 radical (unpaired) electrons. The van der Waals surface area contributed by atoms with Crippen molar-refractivity contribution in [2.75, 3.05) is 5.32 Å². The molecule has 1 N–H and O–H groups in total. The SMILES string of the molecule is C=CC(C)Nc1cccc(Cl)c1C. The molecule has 1 unspecified atom stereocenters. The molecule has 1 atom stereocenters. The summed E-state index contributed by atoms with van der Waals surface area (Å²) in [4.78, 5) is 0. The van der Waals surface area contributed by atoms with Crippen molar-refractivity contribution in [3.63, 3.8) is 0 Å². The second kappa shape index (κ2) is 4.33. The van der Waals surface area contributed by atoms with Crippen molar-refractivity contribution >= 4 is 17.3 Å². The van der Waals surface area contributed by atoms with Crippen LogP contribution in [0.4, 0.5) is 5.69 Å². The number of benzene rings is 1. The van der Waals surface area contributed by atoms with Crippen LogP contribution in [-0.4, -0.2) is 6.04 Å². The molecule has 0 fully saturated rings. The molecule has 0 saturated carbocycles. The van der Waals surface area contributed by atoms with Crippen LogP contribution in [0.1, 0.15) is 12.5 Å². The van der Waals surface area contributed by atoms with Gasteiger partial charge in [0.2, 0.25) is 0 Å². The molecule has 13 heavy (non-hydrogen) atoms. The van der Waals surface area contributed by atoms with Gasteiger partial charge in [-0.25, -0.2) is 0 Å². The lowest BCUT2D eigenvalue weighted by Gasteiger charge is -2.13. The van der Waals surface area contributed by atoms with Gasteiger partial charge in [-0.15, -0.1) is 6.58 Å². The van der Waals surface area contributed by atoms with Crippen LogP contribution in [-0.2, 0) is 0 Å². The van der Waals surface area contributed by atoms with Crippen molar-refractivity contribution < 1.29 is 0 Å². The smallest absolute Gasteiger partial charge is 0.0455 e. The number of hydrogen-bond acceptors (Lipinski definition) is 1. The van der Waals surface area contributed by atoms with Gasteiger partial charge in [0.15, 0.2) is 0 Å². The zero-order valence-electron chi connectivity index (χ0n) is 7.97. The Morgan fingerprint density at radius 3 is 2.85 bits per heavy atom. The van der Waals surface area contributed by atoms with Crippen LogP contribution in [0.3, 0.4) is 0 Å². The van der Waals surface area contributed by atoms with Gasteiger partial charge < -0.3 is 5.32 Å². The third-order valence-electron chi connectivity index (χ3n) is 2.00. The lowest BCUT2D eigenvalue weighted by molar-refractivity contribution is 0.998. The van der Waals surface area contributed by atoms with Gasteiger partial charge in [-0.3, -0.25) is 0 Å². The van der Waals surface area contributed by atoms with Gasteiger partial charge in [-0.05, 0) is 31.5 Å². The minimum absolute atomic E-state index is 0.261. The van der Waals surface area contributed by atoms with E-state index >= 15 is 0 Å². The molecule has 0 bridgehead atoms. The van der Waals surface area contributed by atoms with E-state index in [-0.39, 0.29) is 6.04 Å². The Balaban J connectivity index is 2.88. The summed E-state index contributed by atoms with van der Waals surface area (Å²) in [6.07, 6.45) is 1.86. The summed E-state index contributed by atoms with van der Waals surface area (Å²) in [5.41, 5.74) is 2.15. The van der Waals surface area contributed by atoms with Gasteiger partial charge in [0, 0.05) is 16.8 Å². The first-order valence-corrected chi connectivity index (χ1v) is 4.67. The van der Waals surface area contributed by atoms with Crippen molar-refractivity contribution in [2.24, 2.45) is 0 Å². The van der Waals surface area contributed by atoms with Gasteiger partial charge >= 0.3 is 0 Å². The Hall–Kier alpha value is -0.950. The minimum atomic E-state index is 0.261. The van der Waals surface area contributed by atoms with E-state index in [4.69, 9.17) is 11.6 Å². The van der Waals surface area contributed by atoms with Gasteiger partial charge in [0.25, 0.3) is 0 Å². The second-order valence-corrected chi connectivity index (χ2v) is 3.49. The third-order valence-corrected chi connectivity index (χ3v) is 2.41. The number of halogens is 1. The van der Waals surface area contributed by atoms with Crippen LogP contribution in [0.15, 0.2) is 30.9 Å². The summed E-state index contributed by atoms with van der Waals surface area (Å²) in [7, 11) is 0. The molecule has 1 rings (SSSR count). The molecule has 2 heteroatoms.